The van der Waals surface area contributed by atoms with Crippen molar-refractivity contribution in [2.45, 2.75) is 39.5 Å². The first-order chi connectivity index (χ1) is 12.0. The van der Waals surface area contributed by atoms with Gasteiger partial charge in [0.25, 0.3) is 5.91 Å². The number of quaternary nitrogens is 1. The van der Waals surface area contributed by atoms with Gasteiger partial charge in [0.1, 0.15) is 0 Å². The molecule has 5 nitrogen and oxygen atoms in total. The van der Waals surface area contributed by atoms with Gasteiger partial charge in [-0.3, -0.25) is 9.59 Å². The van der Waals surface area contributed by atoms with Crippen LogP contribution in [0.4, 0.5) is 5.69 Å². The molecule has 1 aliphatic heterocycles. The average molecular weight is 344 g/mol. The van der Waals surface area contributed by atoms with Gasteiger partial charge < -0.3 is 15.1 Å². The summed E-state index contributed by atoms with van der Waals surface area (Å²) in [7, 11) is 0. The van der Waals surface area contributed by atoms with Gasteiger partial charge in [0.2, 0.25) is 5.91 Å². The number of nitrogens with one attached hydrogen (secondary N) is 2. The first kappa shape index (κ1) is 17.9. The summed E-state index contributed by atoms with van der Waals surface area (Å²) in [6, 6.07) is 5.98. The molecule has 3 rings (SSSR count). The van der Waals surface area contributed by atoms with E-state index in [1.54, 1.807) is 0 Å². The van der Waals surface area contributed by atoms with Crippen LogP contribution in [-0.2, 0) is 9.59 Å². The summed E-state index contributed by atoms with van der Waals surface area (Å²) in [5.74, 6) is 0.657. The van der Waals surface area contributed by atoms with Gasteiger partial charge in [-0.15, -0.1) is 0 Å². The van der Waals surface area contributed by atoms with Gasteiger partial charge in [0.15, 0.2) is 6.54 Å². The van der Waals surface area contributed by atoms with Crippen LogP contribution in [0, 0.1) is 19.8 Å². The van der Waals surface area contributed by atoms with Crippen molar-refractivity contribution in [1.29, 1.82) is 0 Å². The number of hydrogen-bond donors (Lipinski definition) is 2. The lowest BCUT2D eigenvalue weighted by Gasteiger charge is -2.33. The summed E-state index contributed by atoms with van der Waals surface area (Å²) < 4.78 is 0. The van der Waals surface area contributed by atoms with Crippen molar-refractivity contribution in [2.75, 3.05) is 38.0 Å². The maximum atomic E-state index is 12.5. The molecular formula is C20H30N3O2+. The zero-order valence-electron chi connectivity index (χ0n) is 15.4. The van der Waals surface area contributed by atoms with Crippen LogP contribution < -0.4 is 10.2 Å². The number of carbonyl (C=O) groups excluding carboxylic acids is 2. The van der Waals surface area contributed by atoms with Crippen molar-refractivity contribution in [3.63, 3.8) is 0 Å². The number of nitrogens with zero attached hydrogens (tertiary/aromatic N) is 1. The fraction of sp³-hybridized carbons (Fsp3) is 0.600. The second-order valence-electron chi connectivity index (χ2n) is 7.53. The lowest BCUT2D eigenvalue weighted by atomic mass is 10.1. The minimum Gasteiger partial charge on any atom is -0.331 e. The maximum Gasteiger partial charge on any atom is 0.279 e. The molecule has 0 atom stereocenters. The first-order valence-electron chi connectivity index (χ1n) is 9.53. The Balaban J connectivity index is 1.46. The predicted octanol–water partition coefficient (Wildman–Crippen LogP) is 1.16. The van der Waals surface area contributed by atoms with Gasteiger partial charge in [-0.05, 0) is 43.9 Å². The summed E-state index contributed by atoms with van der Waals surface area (Å²) >= 11 is 0. The van der Waals surface area contributed by atoms with Crippen LogP contribution in [-0.4, -0.2) is 49.4 Å². The number of anilines is 1. The van der Waals surface area contributed by atoms with Crippen LogP contribution in [0.3, 0.4) is 0 Å². The second kappa shape index (κ2) is 8.00. The van der Waals surface area contributed by atoms with E-state index in [-0.39, 0.29) is 11.8 Å². The van der Waals surface area contributed by atoms with E-state index >= 15 is 0 Å². The fourth-order valence-electron chi connectivity index (χ4n) is 3.96. The Hall–Kier alpha value is -1.88. The lowest BCUT2D eigenvalue weighted by molar-refractivity contribution is -0.895. The van der Waals surface area contributed by atoms with Crippen molar-refractivity contribution in [3.8, 4) is 0 Å². The third-order valence-electron chi connectivity index (χ3n) is 5.78. The molecule has 2 amide bonds. The van der Waals surface area contributed by atoms with Crippen LogP contribution in [0.2, 0.25) is 0 Å². The molecule has 2 aliphatic rings. The van der Waals surface area contributed by atoms with Crippen LogP contribution in [0.25, 0.3) is 0 Å². The van der Waals surface area contributed by atoms with E-state index in [9.17, 15) is 9.59 Å². The first-order valence-corrected chi connectivity index (χ1v) is 9.53. The monoisotopic (exact) mass is 344 g/mol. The summed E-state index contributed by atoms with van der Waals surface area (Å²) in [5.41, 5.74) is 3.21. The fourth-order valence-corrected chi connectivity index (χ4v) is 3.96. The van der Waals surface area contributed by atoms with E-state index in [0.29, 0.717) is 12.5 Å². The number of aryl methyl sites for hydroxylation is 1. The van der Waals surface area contributed by atoms with E-state index < -0.39 is 0 Å². The molecule has 1 aromatic carbocycles. The number of benzene rings is 1. The van der Waals surface area contributed by atoms with Crippen LogP contribution in [0.1, 0.15) is 36.8 Å². The second-order valence-corrected chi connectivity index (χ2v) is 7.53. The molecule has 2 fully saturated rings. The number of piperazine rings is 1. The molecule has 1 aromatic rings. The Kier molecular flexibility index (Phi) is 5.74. The molecule has 0 bridgehead atoms. The topological polar surface area (TPSA) is 53.9 Å². The van der Waals surface area contributed by atoms with Crippen molar-refractivity contribution in [1.82, 2.24) is 4.90 Å². The highest BCUT2D eigenvalue weighted by Crippen LogP contribution is 2.26. The summed E-state index contributed by atoms with van der Waals surface area (Å²) in [4.78, 5) is 28.1. The molecule has 0 spiro atoms. The Bertz CT molecular complexity index is 630. The van der Waals surface area contributed by atoms with Gasteiger partial charge in [-0.25, -0.2) is 0 Å². The SMILES string of the molecule is Cc1cccc(NC(=O)C[NH+]2CCN(C(=O)C3CCCC3)CC2)c1C. The highest BCUT2D eigenvalue weighted by atomic mass is 16.2. The summed E-state index contributed by atoms with van der Waals surface area (Å²) in [6.45, 7) is 7.83. The molecule has 136 valence electrons. The maximum absolute atomic E-state index is 12.5. The minimum absolute atomic E-state index is 0.0549. The zero-order chi connectivity index (χ0) is 17.8. The van der Waals surface area contributed by atoms with Crippen molar-refractivity contribution in [2.24, 2.45) is 5.92 Å². The molecule has 0 aromatic heterocycles. The zero-order valence-corrected chi connectivity index (χ0v) is 15.4. The van der Waals surface area contributed by atoms with E-state index in [1.165, 1.54) is 23.3 Å². The van der Waals surface area contributed by atoms with Crippen molar-refractivity contribution < 1.29 is 14.5 Å². The van der Waals surface area contributed by atoms with E-state index in [0.717, 1.165) is 50.3 Å². The third-order valence-corrected chi connectivity index (χ3v) is 5.78. The van der Waals surface area contributed by atoms with Crippen LogP contribution in [0.15, 0.2) is 18.2 Å². The number of rotatable bonds is 4. The Morgan fingerprint density at radius 2 is 1.84 bits per heavy atom. The molecule has 1 saturated carbocycles. The lowest BCUT2D eigenvalue weighted by Crippen LogP contribution is -3.15. The van der Waals surface area contributed by atoms with Gasteiger partial charge in [-0.1, -0.05) is 25.0 Å². The van der Waals surface area contributed by atoms with E-state index in [1.807, 2.05) is 24.0 Å². The van der Waals surface area contributed by atoms with E-state index in [4.69, 9.17) is 0 Å². The van der Waals surface area contributed by atoms with Gasteiger partial charge in [-0.2, -0.15) is 0 Å². The Labute approximate surface area is 150 Å². The minimum atomic E-state index is 0.0549. The molecule has 2 N–H and O–H groups in total. The standard InChI is InChI=1S/C20H29N3O2/c1-15-6-5-9-18(16(15)2)21-19(24)14-22-10-12-23(13-11-22)20(25)17-7-3-4-8-17/h5-6,9,17H,3-4,7-8,10-14H2,1-2H3,(H,21,24)/p+1. The van der Waals surface area contributed by atoms with Crippen LogP contribution in [0.5, 0.6) is 0 Å². The third kappa shape index (κ3) is 4.40. The van der Waals surface area contributed by atoms with Crippen molar-refractivity contribution in [3.05, 3.63) is 29.3 Å². The molecule has 1 saturated heterocycles. The number of hydrogen-bond acceptors (Lipinski definition) is 2. The number of carbonyl (C=O) groups is 2. The van der Waals surface area contributed by atoms with Crippen LogP contribution >= 0.6 is 0 Å². The van der Waals surface area contributed by atoms with Gasteiger partial charge in [0, 0.05) is 11.6 Å². The van der Waals surface area contributed by atoms with Crippen molar-refractivity contribution >= 4 is 17.5 Å². The molecule has 5 heteroatoms. The molecule has 0 radical (unpaired) electrons. The van der Waals surface area contributed by atoms with Gasteiger partial charge in [0.05, 0.1) is 26.2 Å². The smallest absolute Gasteiger partial charge is 0.279 e. The predicted molar refractivity (Wildman–Crippen MR) is 98.6 cm³/mol. The Morgan fingerprint density at radius 1 is 1.16 bits per heavy atom. The van der Waals surface area contributed by atoms with E-state index in [2.05, 4.69) is 18.3 Å². The number of amides is 2. The molecular weight excluding hydrogens is 314 g/mol. The molecule has 1 heterocycles. The van der Waals surface area contributed by atoms with Gasteiger partial charge >= 0.3 is 0 Å². The average Bonchev–Trinajstić information content (AvgIpc) is 3.13. The molecule has 0 unspecified atom stereocenters. The molecule has 25 heavy (non-hydrogen) atoms. The molecule has 1 aliphatic carbocycles. The normalized spacial score (nSPS) is 19.2. The summed E-state index contributed by atoms with van der Waals surface area (Å²) in [6.07, 6.45) is 4.51. The highest BCUT2D eigenvalue weighted by molar-refractivity contribution is 5.92. The highest BCUT2D eigenvalue weighted by Gasteiger charge is 2.31. The Morgan fingerprint density at radius 3 is 2.52 bits per heavy atom. The summed E-state index contributed by atoms with van der Waals surface area (Å²) in [5, 5.41) is 3.04. The largest absolute Gasteiger partial charge is 0.331 e. The quantitative estimate of drug-likeness (QED) is 0.861.